The van der Waals surface area contributed by atoms with Gasteiger partial charge in [-0.1, -0.05) is 68.5 Å². The number of hydrogen-bond acceptors (Lipinski definition) is 9. The van der Waals surface area contributed by atoms with Gasteiger partial charge in [0.05, 0.1) is 4.90 Å². The van der Waals surface area contributed by atoms with Gasteiger partial charge in [0.2, 0.25) is 27.9 Å². The van der Waals surface area contributed by atoms with Crippen LogP contribution in [0.1, 0.15) is 63.4 Å². The molecule has 0 spiro atoms. The number of anilines is 4. The van der Waals surface area contributed by atoms with Gasteiger partial charge in [-0.2, -0.15) is 15.0 Å². The number of nitrogens with one attached hydrogen (secondary N) is 4. The van der Waals surface area contributed by atoms with E-state index in [-0.39, 0.29) is 5.82 Å². The summed E-state index contributed by atoms with van der Waals surface area (Å²) in [7, 11) is 0.261. The topological polar surface area (TPSA) is 124 Å². The van der Waals surface area contributed by atoms with Crippen LogP contribution in [0.4, 0.5) is 27.9 Å². The summed E-state index contributed by atoms with van der Waals surface area (Å²) in [6, 6.07) is 17.9. The van der Waals surface area contributed by atoms with Gasteiger partial charge in [-0.25, -0.2) is 17.5 Å². The second-order valence-corrected chi connectivity index (χ2v) is 13.8. The Balaban J connectivity index is 1.09. The molecule has 0 radical (unpaired) electrons. The average Bonchev–Trinajstić information content (AvgIpc) is 3.05. The van der Waals surface area contributed by atoms with Crippen LogP contribution in [0.5, 0.6) is 0 Å². The molecule has 46 heavy (non-hydrogen) atoms. The normalized spacial score (nSPS) is 13.9. The molecule has 1 fully saturated rings. The number of aromatic nitrogens is 3. The van der Waals surface area contributed by atoms with Crippen molar-refractivity contribution < 1.29 is 12.8 Å². The van der Waals surface area contributed by atoms with Crippen molar-refractivity contribution in [2.45, 2.75) is 75.3 Å². The van der Waals surface area contributed by atoms with Crippen molar-refractivity contribution >= 4 is 44.3 Å². The monoisotopic (exact) mass is 648 g/mol. The van der Waals surface area contributed by atoms with Crippen molar-refractivity contribution in [3.8, 4) is 0 Å². The lowest BCUT2D eigenvalue weighted by Gasteiger charge is -2.23. The third-order valence-electron chi connectivity index (χ3n) is 8.22. The summed E-state index contributed by atoms with van der Waals surface area (Å²) in [6.45, 7) is 1.45. The minimum atomic E-state index is -3.64. The Morgan fingerprint density at radius 2 is 1.46 bits per heavy atom. The lowest BCUT2D eigenvalue weighted by Crippen LogP contribution is -2.25. The molecule has 12 heteroatoms. The van der Waals surface area contributed by atoms with E-state index in [0.29, 0.717) is 48.4 Å². The van der Waals surface area contributed by atoms with Crippen molar-refractivity contribution in [3.63, 3.8) is 0 Å². The Morgan fingerprint density at radius 3 is 2.22 bits per heavy atom. The van der Waals surface area contributed by atoms with Crippen molar-refractivity contribution in [2.24, 2.45) is 0 Å². The minimum absolute atomic E-state index is 0.280. The molecule has 3 aromatic carbocycles. The Hall–Kier alpha value is -4.03. The van der Waals surface area contributed by atoms with E-state index < -0.39 is 10.0 Å². The summed E-state index contributed by atoms with van der Waals surface area (Å²) in [4.78, 5) is 16.0. The maximum absolute atomic E-state index is 13.6. The summed E-state index contributed by atoms with van der Waals surface area (Å²) in [6.07, 6.45) is 9.27. The largest absolute Gasteiger partial charge is 0.377 e. The average molecular weight is 649 g/mol. The van der Waals surface area contributed by atoms with Gasteiger partial charge in [0.25, 0.3) is 0 Å². The summed E-state index contributed by atoms with van der Waals surface area (Å²) >= 11 is 0. The molecule has 0 saturated heterocycles. The van der Waals surface area contributed by atoms with Crippen molar-refractivity contribution in [3.05, 3.63) is 72.0 Å². The molecule has 0 aliphatic heterocycles. The number of benzene rings is 3. The fraction of sp³-hybridized carbons (Fsp3) is 0.441. The number of hydrogen-bond donors (Lipinski definition) is 4. The lowest BCUT2D eigenvalue weighted by atomic mass is 9.96. The highest BCUT2D eigenvalue weighted by atomic mass is 32.2. The summed E-state index contributed by atoms with van der Waals surface area (Å²) in [5.74, 6) is 1.16. The van der Waals surface area contributed by atoms with E-state index in [4.69, 9.17) is 0 Å². The second kappa shape index (κ2) is 16.0. The number of nitrogens with zero attached hydrogens (tertiary/aromatic N) is 4. The fourth-order valence-corrected chi connectivity index (χ4v) is 7.13. The van der Waals surface area contributed by atoms with E-state index in [0.717, 1.165) is 60.5 Å². The molecule has 1 heterocycles. The fourth-order valence-electron chi connectivity index (χ4n) is 5.83. The van der Waals surface area contributed by atoms with Crippen molar-refractivity contribution in [2.75, 3.05) is 48.0 Å². The first-order valence-corrected chi connectivity index (χ1v) is 17.7. The van der Waals surface area contributed by atoms with Gasteiger partial charge in [0, 0.05) is 56.2 Å². The van der Waals surface area contributed by atoms with E-state index in [1.807, 2.05) is 49.3 Å². The van der Waals surface area contributed by atoms with Crippen LogP contribution < -0.4 is 25.6 Å². The summed E-state index contributed by atoms with van der Waals surface area (Å²) < 4.78 is 42.8. The summed E-state index contributed by atoms with van der Waals surface area (Å²) in [5.41, 5.74) is 1.78. The van der Waals surface area contributed by atoms with Gasteiger partial charge in [0.15, 0.2) is 0 Å². The molecular weight excluding hydrogens is 603 g/mol. The third kappa shape index (κ3) is 9.26. The molecule has 1 aliphatic carbocycles. The van der Waals surface area contributed by atoms with Crippen LogP contribution in [0.3, 0.4) is 0 Å². The molecule has 5 rings (SSSR count). The predicted octanol–water partition coefficient (Wildman–Crippen LogP) is 6.54. The van der Waals surface area contributed by atoms with E-state index in [1.165, 1.54) is 31.4 Å². The highest BCUT2D eigenvalue weighted by Crippen LogP contribution is 2.30. The zero-order valence-electron chi connectivity index (χ0n) is 26.7. The first kappa shape index (κ1) is 33.3. The van der Waals surface area contributed by atoms with E-state index >= 15 is 0 Å². The first-order chi connectivity index (χ1) is 22.3. The third-order valence-corrected chi connectivity index (χ3v) is 9.74. The number of fused-ring (bicyclic) bond motifs is 1. The number of unbranched alkanes of at least 4 members (excludes halogenated alkanes) is 3. The van der Waals surface area contributed by atoms with Crippen LogP contribution in [0.2, 0.25) is 0 Å². The van der Waals surface area contributed by atoms with E-state index in [9.17, 15) is 12.8 Å². The SMILES string of the molecule is CN(C)c1cccc2c(S(=O)(=O)NCCCCCCNc3nc(NCc4cccc(F)c4)nc(NC4CCCCC4)n3)cccc12. The van der Waals surface area contributed by atoms with Crippen molar-refractivity contribution in [1.82, 2.24) is 19.7 Å². The summed E-state index contributed by atoms with van der Waals surface area (Å²) in [5, 5.41) is 11.6. The van der Waals surface area contributed by atoms with Gasteiger partial charge in [-0.3, -0.25) is 0 Å². The lowest BCUT2D eigenvalue weighted by molar-refractivity contribution is 0.461. The molecule has 4 aromatic rings. The van der Waals surface area contributed by atoms with Gasteiger partial charge in [-0.05, 0) is 55.5 Å². The van der Waals surface area contributed by atoms with Gasteiger partial charge in [0.1, 0.15) is 5.82 Å². The molecule has 1 aliphatic rings. The maximum Gasteiger partial charge on any atom is 0.241 e. The van der Waals surface area contributed by atoms with E-state index in [1.54, 1.807) is 18.2 Å². The maximum atomic E-state index is 13.6. The van der Waals surface area contributed by atoms with Gasteiger partial charge in [-0.15, -0.1) is 0 Å². The van der Waals surface area contributed by atoms with Crippen LogP contribution >= 0.6 is 0 Å². The van der Waals surface area contributed by atoms with Crippen LogP contribution in [-0.2, 0) is 16.6 Å². The predicted molar refractivity (Wildman–Crippen MR) is 184 cm³/mol. The molecule has 246 valence electrons. The molecule has 0 atom stereocenters. The zero-order valence-corrected chi connectivity index (χ0v) is 27.5. The van der Waals surface area contributed by atoms with Crippen LogP contribution in [0.25, 0.3) is 10.8 Å². The Kier molecular flexibility index (Phi) is 11.6. The smallest absolute Gasteiger partial charge is 0.241 e. The number of rotatable bonds is 16. The zero-order chi connectivity index (χ0) is 32.4. The van der Waals surface area contributed by atoms with Crippen LogP contribution in [0.15, 0.2) is 65.6 Å². The molecular formula is C34H45FN8O2S. The molecule has 10 nitrogen and oxygen atoms in total. The number of sulfonamides is 1. The van der Waals surface area contributed by atoms with Crippen molar-refractivity contribution in [1.29, 1.82) is 0 Å². The minimum Gasteiger partial charge on any atom is -0.377 e. The molecule has 0 unspecified atom stereocenters. The Labute approximate surface area is 271 Å². The Bertz CT molecular complexity index is 1700. The van der Waals surface area contributed by atoms with Crippen LogP contribution in [-0.4, -0.2) is 56.6 Å². The van der Waals surface area contributed by atoms with E-state index in [2.05, 4.69) is 35.6 Å². The standard InChI is InChI=1S/C34H45FN8O2S/c1-43(2)30-19-11-18-29-28(30)17-12-20-31(29)46(44,45)38-22-9-4-3-8-21-36-32-40-33(37-24-25-13-10-14-26(35)23-25)42-34(41-32)39-27-15-6-5-7-16-27/h10-14,17-20,23,27,38H,3-9,15-16,21-22,24H2,1-2H3,(H3,36,37,39,40,41,42). The highest BCUT2D eigenvalue weighted by molar-refractivity contribution is 7.89. The molecule has 0 bridgehead atoms. The number of halogens is 1. The molecule has 1 saturated carbocycles. The molecule has 0 amide bonds. The molecule has 1 aromatic heterocycles. The highest BCUT2D eigenvalue weighted by Gasteiger charge is 2.18. The van der Waals surface area contributed by atoms with Gasteiger partial charge >= 0.3 is 0 Å². The van der Waals surface area contributed by atoms with Gasteiger partial charge < -0.3 is 20.9 Å². The quantitative estimate of drug-likeness (QED) is 0.100. The second-order valence-electron chi connectivity index (χ2n) is 12.0. The van der Waals surface area contributed by atoms with Crippen LogP contribution in [0, 0.1) is 5.82 Å². The first-order valence-electron chi connectivity index (χ1n) is 16.2. The Morgan fingerprint density at radius 1 is 0.783 bits per heavy atom. The molecule has 4 N–H and O–H groups in total.